The van der Waals surface area contributed by atoms with Gasteiger partial charge in [-0.25, -0.2) is 0 Å². The van der Waals surface area contributed by atoms with Crippen LogP contribution in [-0.2, 0) is 4.74 Å². The summed E-state index contributed by atoms with van der Waals surface area (Å²) in [5, 5.41) is 11.0. The number of amides is 1. The second-order valence-electron chi connectivity index (χ2n) is 7.34. The summed E-state index contributed by atoms with van der Waals surface area (Å²) < 4.78 is 5.98. The van der Waals surface area contributed by atoms with Gasteiger partial charge >= 0.3 is 0 Å². The Balaban J connectivity index is 2.07. The molecule has 1 fully saturated rings. The van der Waals surface area contributed by atoms with E-state index >= 15 is 0 Å². The second-order valence-corrected chi connectivity index (χ2v) is 8.10. The Morgan fingerprint density at radius 2 is 2.00 bits per heavy atom. The Morgan fingerprint density at radius 3 is 2.63 bits per heavy atom. The van der Waals surface area contributed by atoms with Crippen molar-refractivity contribution in [3.63, 3.8) is 0 Å². The molecule has 0 aromatic heterocycles. The molecule has 0 saturated carbocycles. The molecule has 0 bridgehead atoms. The third kappa shape index (κ3) is 3.65. The fourth-order valence-corrected chi connectivity index (χ4v) is 3.42. The quantitative estimate of drug-likeness (QED) is 0.719. The van der Waals surface area contributed by atoms with Crippen LogP contribution in [0.3, 0.4) is 0 Å². The number of nitrogens with zero attached hydrogens (tertiary/aromatic N) is 3. The van der Waals surface area contributed by atoms with Gasteiger partial charge in [-0.3, -0.25) is 9.69 Å². The molecule has 0 aliphatic carbocycles. The lowest BCUT2D eigenvalue weighted by Gasteiger charge is -2.42. The molecule has 6 heteroatoms. The molecule has 1 aliphatic heterocycles. The van der Waals surface area contributed by atoms with Crippen LogP contribution in [0.4, 0.5) is 10.5 Å². The largest absolute Gasteiger partial charge is 0.464 e. The van der Waals surface area contributed by atoms with Gasteiger partial charge in [-0.05, 0) is 24.3 Å². The Bertz CT molecular complexity index is 948. The fourth-order valence-electron chi connectivity index (χ4n) is 3.06. The number of hydrogen-bond acceptors (Lipinski definition) is 5. The topological polar surface area (TPSA) is 65.7 Å². The molecular weight excluding hydrogens is 358 g/mol. The number of hydrogen-bond donors (Lipinski definition) is 0. The molecule has 1 unspecified atom stereocenters. The summed E-state index contributed by atoms with van der Waals surface area (Å²) in [5.74, 6) is 0.368. The first-order valence-corrected chi connectivity index (χ1v) is 10.1. The van der Waals surface area contributed by atoms with Crippen molar-refractivity contribution in [3.05, 3.63) is 42.0 Å². The maximum atomic E-state index is 12.5. The molecule has 2 aromatic carbocycles. The van der Waals surface area contributed by atoms with Crippen molar-refractivity contribution in [1.29, 1.82) is 5.26 Å². The van der Waals surface area contributed by atoms with Crippen LogP contribution in [0.5, 0.6) is 0 Å². The van der Waals surface area contributed by atoms with Gasteiger partial charge in [-0.1, -0.05) is 56.8 Å². The molecule has 1 heterocycles. The summed E-state index contributed by atoms with van der Waals surface area (Å²) in [6.45, 7) is 7.49. The summed E-state index contributed by atoms with van der Waals surface area (Å²) >= 11 is 1.15. The van der Waals surface area contributed by atoms with Crippen molar-refractivity contribution in [3.8, 4) is 6.07 Å². The molecule has 140 valence electrons. The number of benzene rings is 2. The smallest absolute Gasteiger partial charge is 0.300 e. The first-order valence-electron chi connectivity index (χ1n) is 8.88. The number of rotatable bonds is 2. The van der Waals surface area contributed by atoms with Gasteiger partial charge in [0.25, 0.3) is 11.3 Å². The lowest BCUT2D eigenvalue weighted by atomic mass is 9.79. The van der Waals surface area contributed by atoms with Crippen LogP contribution < -0.4 is 0 Å². The fraction of sp³-hybridized carbons (Fsp3) is 0.381. The minimum Gasteiger partial charge on any atom is -0.464 e. The Labute approximate surface area is 164 Å². The monoisotopic (exact) mass is 381 g/mol. The van der Waals surface area contributed by atoms with E-state index in [2.05, 4.69) is 31.8 Å². The van der Waals surface area contributed by atoms with Crippen LogP contribution in [-0.4, -0.2) is 35.6 Å². The summed E-state index contributed by atoms with van der Waals surface area (Å²) in [6.07, 6.45) is 1.76. The maximum Gasteiger partial charge on any atom is 0.300 e. The molecule has 1 atom stereocenters. The van der Waals surface area contributed by atoms with E-state index in [1.54, 1.807) is 23.3 Å². The molecule has 3 rings (SSSR count). The first-order chi connectivity index (χ1) is 12.9. The molecule has 0 spiro atoms. The third-order valence-electron chi connectivity index (χ3n) is 5.31. The molecule has 2 aromatic rings. The van der Waals surface area contributed by atoms with Crippen LogP contribution in [0.1, 0.15) is 26.3 Å². The van der Waals surface area contributed by atoms with Gasteiger partial charge in [-0.2, -0.15) is 10.3 Å². The molecular formula is C21H23N3O2S. The minimum atomic E-state index is -0.128. The zero-order valence-corrected chi connectivity index (χ0v) is 16.8. The number of carbonyl (C=O) groups is 1. The highest BCUT2D eigenvalue weighted by molar-refractivity contribution is 8.12. The summed E-state index contributed by atoms with van der Waals surface area (Å²) in [6, 6.07) is 13.7. The molecule has 27 heavy (non-hydrogen) atoms. The van der Waals surface area contributed by atoms with Crippen LogP contribution >= 0.6 is 11.8 Å². The highest BCUT2D eigenvalue weighted by Crippen LogP contribution is 2.35. The van der Waals surface area contributed by atoms with E-state index in [4.69, 9.17) is 4.74 Å². The summed E-state index contributed by atoms with van der Waals surface area (Å²) in [4.78, 5) is 18.8. The number of amidine groups is 1. The Hall–Kier alpha value is -2.52. The van der Waals surface area contributed by atoms with Gasteiger partial charge < -0.3 is 4.74 Å². The van der Waals surface area contributed by atoms with Crippen LogP contribution in [0, 0.1) is 22.7 Å². The zero-order chi connectivity index (χ0) is 19.6. The average Bonchev–Trinajstić information content (AvgIpc) is 2.68. The van der Waals surface area contributed by atoms with Gasteiger partial charge in [0, 0.05) is 22.7 Å². The number of nitriles is 1. The number of ether oxygens (including phenoxy) is 1. The van der Waals surface area contributed by atoms with Gasteiger partial charge in [-0.15, -0.1) is 0 Å². The Morgan fingerprint density at radius 1 is 1.30 bits per heavy atom. The number of thioether (sulfide) groups is 1. The molecule has 0 N–H and O–H groups in total. The number of carbonyl (C=O) groups excluding carboxylic acids is 1. The first kappa shape index (κ1) is 19.2. The van der Waals surface area contributed by atoms with E-state index in [0.717, 1.165) is 22.5 Å². The highest BCUT2D eigenvalue weighted by Gasteiger charge is 2.40. The normalized spacial score (nSPS) is 21.3. The van der Waals surface area contributed by atoms with Crippen LogP contribution in [0.25, 0.3) is 10.8 Å². The van der Waals surface area contributed by atoms with Crippen LogP contribution in [0.2, 0.25) is 0 Å². The minimum absolute atomic E-state index is 0.0849. The molecule has 0 radical (unpaired) electrons. The van der Waals surface area contributed by atoms with Crippen molar-refractivity contribution < 1.29 is 9.53 Å². The highest BCUT2D eigenvalue weighted by atomic mass is 32.2. The van der Waals surface area contributed by atoms with Crippen molar-refractivity contribution >= 4 is 39.5 Å². The number of fused-ring (bicyclic) bond motifs is 1. The predicted molar refractivity (Wildman–Crippen MR) is 110 cm³/mol. The molecule has 1 saturated heterocycles. The SMILES string of the molecule is CSC(=O)N1CC(C)(C(C)C)COC1=Nc1ccc(C#N)c2ccccc12. The standard InChI is InChI=1S/C21H23N3O2S/c1-14(2)21(3)12-24(20(25)27-4)19(26-13-21)23-18-10-9-15(11-22)16-7-5-6-8-17(16)18/h5-10,14H,12-13H2,1-4H3. The van der Waals surface area contributed by atoms with Crippen molar-refractivity contribution in [2.45, 2.75) is 20.8 Å². The van der Waals surface area contributed by atoms with E-state index in [1.807, 2.05) is 24.3 Å². The van der Waals surface area contributed by atoms with Crippen molar-refractivity contribution in [2.24, 2.45) is 16.3 Å². The molecule has 5 nitrogen and oxygen atoms in total. The van der Waals surface area contributed by atoms with Gasteiger partial charge in [0.2, 0.25) is 0 Å². The number of aliphatic imine (C=N–C) groups is 1. The zero-order valence-electron chi connectivity index (χ0n) is 16.0. The lowest BCUT2D eigenvalue weighted by molar-refractivity contribution is 0.0364. The summed E-state index contributed by atoms with van der Waals surface area (Å²) in [5.41, 5.74) is 1.16. The van der Waals surface area contributed by atoms with Gasteiger partial charge in [0.05, 0.1) is 23.9 Å². The lowest BCUT2D eigenvalue weighted by Crippen LogP contribution is -2.52. The van der Waals surface area contributed by atoms with Gasteiger partial charge in [0.1, 0.15) is 0 Å². The van der Waals surface area contributed by atoms with Crippen molar-refractivity contribution in [2.75, 3.05) is 19.4 Å². The van der Waals surface area contributed by atoms with E-state index < -0.39 is 0 Å². The predicted octanol–water partition coefficient (Wildman–Crippen LogP) is 5.18. The molecule has 1 aliphatic rings. The van der Waals surface area contributed by atoms with E-state index in [0.29, 0.717) is 36.3 Å². The van der Waals surface area contributed by atoms with E-state index in [9.17, 15) is 10.1 Å². The average molecular weight is 382 g/mol. The van der Waals surface area contributed by atoms with E-state index in [-0.39, 0.29) is 10.7 Å². The summed E-state index contributed by atoms with van der Waals surface area (Å²) in [7, 11) is 0. The van der Waals surface area contributed by atoms with E-state index in [1.165, 1.54) is 0 Å². The van der Waals surface area contributed by atoms with Gasteiger partial charge in [0.15, 0.2) is 0 Å². The second kappa shape index (κ2) is 7.61. The molecule has 1 amide bonds. The maximum absolute atomic E-state index is 12.5. The third-order valence-corrected chi connectivity index (χ3v) is 5.88. The Kier molecular flexibility index (Phi) is 5.43. The van der Waals surface area contributed by atoms with Crippen LogP contribution in [0.15, 0.2) is 41.4 Å². The van der Waals surface area contributed by atoms with Crippen molar-refractivity contribution in [1.82, 2.24) is 4.90 Å².